The number of para-hydroxylation sites is 2. The van der Waals surface area contributed by atoms with E-state index >= 15 is 0 Å². The zero-order valence-electron chi connectivity index (χ0n) is 10.9. The Morgan fingerprint density at radius 3 is 2.80 bits per heavy atom. The molecule has 0 radical (unpaired) electrons. The lowest BCUT2D eigenvalue weighted by Crippen LogP contribution is -2.28. The van der Waals surface area contributed by atoms with E-state index in [-0.39, 0.29) is 11.7 Å². The summed E-state index contributed by atoms with van der Waals surface area (Å²) < 4.78 is 5.89. The van der Waals surface area contributed by atoms with E-state index < -0.39 is 0 Å². The van der Waals surface area contributed by atoms with Crippen molar-refractivity contribution in [3.63, 3.8) is 0 Å². The van der Waals surface area contributed by atoms with E-state index in [1.165, 1.54) is 18.0 Å². The molecule has 0 aliphatic carbocycles. The normalized spacial score (nSPS) is 10.1. The van der Waals surface area contributed by atoms with Crippen LogP contribution in [-0.4, -0.2) is 18.8 Å². The molecule has 0 saturated heterocycles. The average Bonchev–Trinajstić information content (AvgIpc) is 2.47. The Kier molecular flexibility index (Phi) is 4.84. The van der Waals surface area contributed by atoms with Gasteiger partial charge in [-0.15, -0.1) is 0 Å². The van der Waals surface area contributed by atoms with Gasteiger partial charge in [0.2, 0.25) is 5.91 Å². The number of nitrogens with zero attached hydrogens (tertiary/aromatic N) is 1. The topological polar surface area (TPSA) is 65.3 Å². The van der Waals surface area contributed by atoms with Gasteiger partial charge in [-0.2, -0.15) is 4.73 Å². The summed E-state index contributed by atoms with van der Waals surface area (Å²) in [7, 11) is 1.55. The molecule has 1 aromatic heterocycles. The lowest BCUT2D eigenvalue weighted by Gasteiger charge is -2.09. The standard InChI is InChI=1S/C14H14N2O3S/c1-19-12-7-3-2-6-11(12)15-13(17)10-20-14-8-4-5-9-16(14)18/h2-9H,10H2,1H3,(H,15,17). The monoisotopic (exact) mass is 290 g/mol. The highest BCUT2D eigenvalue weighted by molar-refractivity contribution is 7.99. The van der Waals surface area contributed by atoms with Gasteiger partial charge in [-0.3, -0.25) is 4.79 Å². The number of hydrogen-bond donors (Lipinski definition) is 1. The maximum Gasteiger partial charge on any atom is 0.251 e. The minimum atomic E-state index is -0.191. The van der Waals surface area contributed by atoms with E-state index in [2.05, 4.69) is 5.32 Å². The second kappa shape index (κ2) is 6.81. The van der Waals surface area contributed by atoms with Crippen molar-refractivity contribution in [1.82, 2.24) is 0 Å². The number of benzene rings is 1. The van der Waals surface area contributed by atoms with Crippen LogP contribution in [0.25, 0.3) is 0 Å². The Labute approximate surface area is 121 Å². The molecule has 104 valence electrons. The van der Waals surface area contributed by atoms with Crippen LogP contribution in [0.15, 0.2) is 53.7 Å². The molecule has 0 atom stereocenters. The Bertz CT molecular complexity index is 604. The van der Waals surface area contributed by atoms with Crippen LogP contribution in [0.3, 0.4) is 0 Å². The first-order valence-electron chi connectivity index (χ1n) is 5.94. The van der Waals surface area contributed by atoms with Crippen molar-refractivity contribution in [2.24, 2.45) is 0 Å². The predicted molar refractivity (Wildman–Crippen MR) is 77.7 cm³/mol. The minimum Gasteiger partial charge on any atom is -0.618 e. The lowest BCUT2D eigenvalue weighted by atomic mass is 10.3. The lowest BCUT2D eigenvalue weighted by molar-refractivity contribution is -0.645. The van der Waals surface area contributed by atoms with Crippen LogP contribution >= 0.6 is 11.8 Å². The number of aromatic nitrogens is 1. The number of carbonyl (C=O) groups excluding carboxylic acids is 1. The smallest absolute Gasteiger partial charge is 0.251 e. The van der Waals surface area contributed by atoms with Crippen LogP contribution in [0.5, 0.6) is 5.75 Å². The fraction of sp³-hybridized carbons (Fsp3) is 0.143. The largest absolute Gasteiger partial charge is 0.618 e. The maximum absolute atomic E-state index is 11.9. The summed E-state index contributed by atoms with van der Waals surface area (Å²) in [6.45, 7) is 0. The van der Waals surface area contributed by atoms with Gasteiger partial charge < -0.3 is 15.3 Å². The molecule has 1 N–H and O–H groups in total. The number of pyridine rings is 1. The highest BCUT2D eigenvalue weighted by Gasteiger charge is 2.10. The molecule has 20 heavy (non-hydrogen) atoms. The second-order valence-corrected chi connectivity index (χ2v) is 4.90. The second-order valence-electron chi connectivity index (χ2n) is 3.90. The Balaban J connectivity index is 1.95. The van der Waals surface area contributed by atoms with Crippen molar-refractivity contribution in [2.45, 2.75) is 5.03 Å². The van der Waals surface area contributed by atoms with E-state index in [1.807, 2.05) is 12.1 Å². The third-order valence-corrected chi connectivity index (χ3v) is 3.54. The zero-order valence-corrected chi connectivity index (χ0v) is 11.7. The number of methoxy groups -OCH3 is 1. The van der Waals surface area contributed by atoms with Gasteiger partial charge in [0.05, 0.1) is 18.6 Å². The van der Waals surface area contributed by atoms with Crippen molar-refractivity contribution in [2.75, 3.05) is 18.2 Å². The van der Waals surface area contributed by atoms with Crippen LogP contribution in [-0.2, 0) is 4.79 Å². The van der Waals surface area contributed by atoms with Crippen LogP contribution in [0.2, 0.25) is 0 Å². The molecule has 0 bridgehead atoms. The summed E-state index contributed by atoms with van der Waals surface area (Å²) >= 11 is 1.19. The number of amides is 1. The van der Waals surface area contributed by atoms with Crippen LogP contribution < -0.4 is 14.8 Å². The fourth-order valence-corrected chi connectivity index (χ4v) is 2.31. The molecular formula is C14H14N2O3S. The highest BCUT2D eigenvalue weighted by Crippen LogP contribution is 2.23. The van der Waals surface area contributed by atoms with E-state index in [1.54, 1.807) is 37.4 Å². The van der Waals surface area contributed by atoms with Crippen molar-refractivity contribution in [3.8, 4) is 5.75 Å². The summed E-state index contributed by atoms with van der Waals surface area (Å²) in [5.41, 5.74) is 0.615. The first-order valence-corrected chi connectivity index (χ1v) is 6.93. The number of carbonyl (C=O) groups is 1. The summed E-state index contributed by atoms with van der Waals surface area (Å²) in [5, 5.41) is 14.7. The van der Waals surface area contributed by atoms with Crippen molar-refractivity contribution in [1.29, 1.82) is 0 Å². The van der Waals surface area contributed by atoms with Crippen molar-refractivity contribution < 1.29 is 14.3 Å². The van der Waals surface area contributed by atoms with Gasteiger partial charge in [0.25, 0.3) is 5.03 Å². The predicted octanol–water partition coefficient (Wildman–Crippen LogP) is 2.06. The molecule has 0 fully saturated rings. The first-order chi connectivity index (χ1) is 9.70. The summed E-state index contributed by atoms with van der Waals surface area (Å²) in [6, 6.07) is 12.2. The number of anilines is 1. The summed E-state index contributed by atoms with van der Waals surface area (Å²) in [6.07, 6.45) is 1.40. The zero-order chi connectivity index (χ0) is 14.4. The number of thioether (sulfide) groups is 1. The van der Waals surface area contributed by atoms with Gasteiger partial charge in [0.1, 0.15) is 5.75 Å². The summed E-state index contributed by atoms with van der Waals surface area (Å²) in [5.74, 6) is 0.567. The number of ether oxygens (including phenoxy) is 1. The molecular weight excluding hydrogens is 276 g/mol. The number of nitrogens with one attached hydrogen (secondary N) is 1. The van der Waals surface area contributed by atoms with Gasteiger partial charge in [0.15, 0.2) is 6.20 Å². The van der Waals surface area contributed by atoms with E-state index in [0.717, 1.165) is 4.73 Å². The van der Waals surface area contributed by atoms with Crippen molar-refractivity contribution >= 4 is 23.4 Å². The maximum atomic E-state index is 11.9. The van der Waals surface area contributed by atoms with Crippen LogP contribution in [0.1, 0.15) is 0 Å². The SMILES string of the molecule is COc1ccccc1NC(=O)CSc1cccc[n+]1[O-]. The van der Waals surface area contributed by atoms with E-state index in [9.17, 15) is 10.0 Å². The minimum absolute atomic E-state index is 0.157. The van der Waals surface area contributed by atoms with Gasteiger partial charge in [-0.1, -0.05) is 12.1 Å². The van der Waals surface area contributed by atoms with Gasteiger partial charge >= 0.3 is 0 Å². The van der Waals surface area contributed by atoms with E-state index in [0.29, 0.717) is 16.5 Å². The molecule has 2 rings (SSSR count). The third kappa shape index (κ3) is 3.64. The fourth-order valence-electron chi connectivity index (χ4n) is 1.60. The molecule has 0 aliphatic heterocycles. The number of hydrogen-bond acceptors (Lipinski definition) is 4. The Morgan fingerprint density at radius 1 is 1.30 bits per heavy atom. The molecule has 0 unspecified atom stereocenters. The highest BCUT2D eigenvalue weighted by atomic mass is 32.2. The van der Waals surface area contributed by atoms with Crippen LogP contribution in [0.4, 0.5) is 5.69 Å². The molecule has 0 spiro atoms. The van der Waals surface area contributed by atoms with Gasteiger partial charge in [-0.05, 0) is 30.0 Å². The Morgan fingerprint density at radius 2 is 2.05 bits per heavy atom. The molecule has 0 aliphatic rings. The molecule has 6 heteroatoms. The average molecular weight is 290 g/mol. The summed E-state index contributed by atoms with van der Waals surface area (Å²) in [4.78, 5) is 11.9. The Hall–Kier alpha value is -2.21. The molecule has 1 heterocycles. The molecule has 2 aromatic rings. The number of rotatable bonds is 5. The van der Waals surface area contributed by atoms with E-state index in [4.69, 9.17) is 4.74 Å². The molecule has 1 amide bonds. The van der Waals surface area contributed by atoms with Crippen molar-refractivity contribution in [3.05, 3.63) is 53.9 Å². The quantitative estimate of drug-likeness (QED) is 0.520. The van der Waals surface area contributed by atoms with Gasteiger partial charge in [-0.25, -0.2) is 0 Å². The third-order valence-electron chi connectivity index (χ3n) is 2.52. The molecule has 1 aromatic carbocycles. The first kappa shape index (κ1) is 14.2. The molecule has 5 nitrogen and oxygen atoms in total. The molecule has 0 saturated carbocycles. The van der Waals surface area contributed by atoms with Gasteiger partial charge in [0, 0.05) is 12.1 Å². The van der Waals surface area contributed by atoms with Crippen LogP contribution in [0, 0.1) is 5.21 Å².